The number of aliphatic imine (C=N–C) groups is 1. The zero-order valence-electron chi connectivity index (χ0n) is 12.4. The molecule has 0 aliphatic carbocycles. The highest BCUT2D eigenvalue weighted by atomic mass is 19.1. The average Bonchev–Trinajstić information content (AvgIpc) is 2.48. The number of carbonyl (C=O) groups excluding carboxylic acids is 1. The Balaban J connectivity index is 2.17. The molecule has 6 heteroatoms. The van der Waals surface area contributed by atoms with Gasteiger partial charge in [0.1, 0.15) is 5.82 Å². The maximum absolute atomic E-state index is 13.6. The highest BCUT2D eigenvalue weighted by Crippen LogP contribution is 2.10. The lowest BCUT2D eigenvalue weighted by atomic mass is 10.2. The van der Waals surface area contributed by atoms with Gasteiger partial charge in [-0.2, -0.15) is 4.99 Å². The summed E-state index contributed by atoms with van der Waals surface area (Å²) in [5.74, 6) is -1.18. The molecule has 1 aromatic rings. The molecule has 1 aliphatic rings. The molecule has 21 heavy (non-hydrogen) atoms. The minimum Gasteiger partial charge on any atom is -0.465 e. The molecule has 0 spiro atoms. The van der Waals surface area contributed by atoms with E-state index in [0.717, 1.165) is 26.2 Å². The number of ether oxygens (including phenoxy) is 1. The van der Waals surface area contributed by atoms with Crippen LogP contribution in [0.1, 0.15) is 17.3 Å². The maximum atomic E-state index is 13.6. The molecule has 5 nitrogen and oxygen atoms in total. The number of amides is 1. The first-order valence-electron chi connectivity index (χ1n) is 7.05. The highest BCUT2D eigenvalue weighted by Gasteiger charge is 2.20. The number of piperazine rings is 1. The third kappa shape index (κ3) is 4.01. The van der Waals surface area contributed by atoms with E-state index in [1.807, 2.05) is 18.9 Å². The van der Waals surface area contributed by atoms with Crippen molar-refractivity contribution in [2.75, 3.05) is 39.8 Å². The molecule has 2 rings (SSSR count). The van der Waals surface area contributed by atoms with Crippen molar-refractivity contribution in [3.05, 3.63) is 35.6 Å². The Labute approximate surface area is 124 Å². The molecule has 1 fully saturated rings. The van der Waals surface area contributed by atoms with Crippen molar-refractivity contribution in [3.8, 4) is 0 Å². The lowest BCUT2D eigenvalue weighted by Gasteiger charge is -2.33. The Morgan fingerprint density at radius 1 is 1.29 bits per heavy atom. The number of benzene rings is 1. The standard InChI is InChI=1S/C15H20FN3O2/c1-3-21-15(19-10-8-18(2)9-11-19)17-14(20)12-6-4-5-7-13(12)16/h4-7H,3,8-11H2,1-2H3. The van der Waals surface area contributed by atoms with E-state index in [1.54, 1.807) is 12.1 Å². The quantitative estimate of drug-likeness (QED) is 0.614. The van der Waals surface area contributed by atoms with Gasteiger partial charge in [0.2, 0.25) is 0 Å². The summed E-state index contributed by atoms with van der Waals surface area (Å²) >= 11 is 0. The smallest absolute Gasteiger partial charge is 0.295 e. The summed E-state index contributed by atoms with van der Waals surface area (Å²) in [6.07, 6.45) is 0. The fourth-order valence-corrected chi connectivity index (χ4v) is 2.10. The first kappa shape index (κ1) is 15.4. The van der Waals surface area contributed by atoms with Crippen molar-refractivity contribution in [1.82, 2.24) is 9.80 Å². The number of rotatable bonds is 2. The number of amidine groups is 1. The van der Waals surface area contributed by atoms with Gasteiger partial charge in [-0.3, -0.25) is 4.79 Å². The number of likely N-dealkylation sites (N-methyl/N-ethyl adjacent to an activating group) is 1. The first-order valence-corrected chi connectivity index (χ1v) is 7.05. The molecule has 0 aromatic heterocycles. The molecule has 0 saturated carbocycles. The third-order valence-electron chi connectivity index (χ3n) is 3.35. The number of hydrogen-bond donors (Lipinski definition) is 0. The van der Waals surface area contributed by atoms with Crippen LogP contribution in [0.5, 0.6) is 0 Å². The van der Waals surface area contributed by atoms with Gasteiger partial charge in [-0.1, -0.05) is 12.1 Å². The summed E-state index contributed by atoms with van der Waals surface area (Å²) in [6, 6.07) is 6.11. The monoisotopic (exact) mass is 293 g/mol. The van der Waals surface area contributed by atoms with Crippen molar-refractivity contribution >= 4 is 11.9 Å². The summed E-state index contributed by atoms with van der Waals surface area (Å²) in [4.78, 5) is 20.2. The van der Waals surface area contributed by atoms with Crippen molar-refractivity contribution in [2.45, 2.75) is 6.92 Å². The van der Waals surface area contributed by atoms with Crippen molar-refractivity contribution < 1.29 is 13.9 Å². The Morgan fingerprint density at radius 3 is 2.57 bits per heavy atom. The van der Waals surface area contributed by atoms with Crippen LogP contribution in [0.2, 0.25) is 0 Å². The molecule has 0 N–H and O–H groups in total. The highest BCUT2D eigenvalue weighted by molar-refractivity contribution is 6.01. The SMILES string of the molecule is CCOC(=NC(=O)c1ccccc1F)N1CCN(C)CC1. The van der Waals surface area contributed by atoms with Crippen LogP contribution in [0.4, 0.5) is 4.39 Å². The van der Waals surface area contributed by atoms with Crippen molar-refractivity contribution in [3.63, 3.8) is 0 Å². The topological polar surface area (TPSA) is 45.1 Å². The van der Waals surface area contributed by atoms with Gasteiger partial charge < -0.3 is 14.5 Å². The van der Waals surface area contributed by atoms with Gasteiger partial charge in [-0.05, 0) is 26.1 Å². The normalized spacial score (nSPS) is 16.9. The Hall–Kier alpha value is -1.95. The second-order valence-electron chi connectivity index (χ2n) is 4.90. The fraction of sp³-hybridized carbons (Fsp3) is 0.467. The lowest BCUT2D eigenvalue weighted by Crippen LogP contribution is -2.48. The summed E-state index contributed by atoms with van der Waals surface area (Å²) < 4.78 is 19.1. The molecule has 1 aliphatic heterocycles. The summed E-state index contributed by atoms with van der Waals surface area (Å²) in [6.45, 7) is 5.47. The summed E-state index contributed by atoms with van der Waals surface area (Å²) in [7, 11) is 2.04. The van der Waals surface area contributed by atoms with Gasteiger partial charge in [0.25, 0.3) is 11.9 Å². The molecule has 114 valence electrons. The van der Waals surface area contributed by atoms with E-state index in [0.29, 0.717) is 6.61 Å². The van der Waals surface area contributed by atoms with Gasteiger partial charge >= 0.3 is 0 Å². The second-order valence-corrected chi connectivity index (χ2v) is 4.90. The molecule has 1 amide bonds. The van der Waals surface area contributed by atoms with Crippen LogP contribution < -0.4 is 0 Å². The van der Waals surface area contributed by atoms with E-state index in [2.05, 4.69) is 9.89 Å². The Bertz CT molecular complexity index is 525. The van der Waals surface area contributed by atoms with Crippen LogP contribution in [-0.2, 0) is 4.74 Å². The molecular weight excluding hydrogens is 273 g/mol. The first-order chi connectivity index (χ1) is 10.1. The molecule has 0 unspecified atom stereocenters. The van der Waals surface area contributed by atoms with Gasteiger partial charge in [-0.25, -0.2) is 4.39 Å². The van der Waals surface area contributed by atoms with E-state index >= 15 is 0 Å². The van der Waals surface area contributed by atoms with Gasteiger partial charge in [-0.15, -0.1) is 0 Å². The largest absolute Gasteiger partial charge is 0.465 e. The van der Waals surface area contributed by atoms with Crippen LogP contribution in [0.3, 0.4) is 0 Å². The van der Waals surface area contributed by atoms with Crippen LogP contribution in [0, 0.1) is 5.82 Å². The zero-order chi connectivity index (χ0) is 15.2. The third-order valence-corrected chi connectivity index (χ3v) is 3.35. The molecule has 1 heterocycles. The Kier molecular flexibility index (Phi) is 5.27. The number of nitrogens with zero attached hydrogens (tertiary/aromatic N) is 3. The van der Waals surface area contributed by atoms with Crippen molar-refractivity contribution in [2.24, 2.45) is 4.99 Å². The van der Waals surface area contributed by atoms with E-state index in [9.17, 15) is 9.18 Å². The second kappa shape index (κ2) is 7.17. The minimum atomic E-state index is -0.615. The van der Waals surface area contributed by atoms with E-state index in [-0.39, 0.29) is 11.6 Å². The number of carbonyl (C=O) groups is 1. The molecule has 0 bridgehead atoms. The Morgan fingerprint density at radius 2 is 1.95 bits per heavy atom. The van der Waals surface area contributed by atoms with Crippen LogP contribution in [-0.4, -0.2) is 61.6 Å². The molecule has 0 radical (unpaired) electrons. The molecule has 1 aromatic carbocycles. The van der Waals surface area contributed by atoms with Gasteiger partial charge in [0, 0.05) is 26.2 Å². The summed E-state index contributed by atoms with van der Waals surface area (Å²) in [5.41, 5.74) is -0.0381. The lowest BCUT2D eigenvalue weighted by molar-refractivity contribution is 0.0986. The average molecular weight is 293 g/mol. The number of halogens is 1. The van der Waals surface area contributed by atoms with Crippen LogP contribution in [0.25, 0.3) is 0 Å². The van der Waals surface area contributed by atoms with E-state index in [1.165, 1.54) is 12.1 Å². The van der Waals surface area contributed by atoms with Crippen molar-refractivity contribution in [1.29, 1.82) is 0 Å². The summed E-state index contributed by atoms with van der Waals surface area (Å²) in [5, 5.41) is 0. The van der Waals surface area contributed by atoms with Crippen LogP contribution in [0.15, 0.2) is 29.3 Å². The number of hydrogen-bond acceptors (Lipinski definition) is 3. The van der Waals surface area contributed by atoms with Gasteiger partial charge in [0.05, 0.1) is 12.2 Å². The maximum Gasteiger partial charge on any atom is 0.295 e. The minimum absolute atomic E-state index is 0.0381. The fourth-order valence-electron chi connectivity index (χ4n) is 2.10. The zero-order valence-corrected chi connectivity index (χ0v) is 12.4. The van der Waals surface area contributed by atoms with Crippen LogP contribution >= 0.6 is 0 Å². The molecule has 1 saturated heterocycles. The van der Waals surface area contributed by atoms with E-state index < -0.39 is 11.7 Å². The predicted molar refractivity (Wildman–Crippen MR) is 78.9 cm³/mol. The van der Waals surface area contributed by atoms with Gasteiger partial charge in [0.15, 0.2) is 0 Å². The molecular formula is C15H20FN3O2. The molecule has 0 atom stereocenters. The van der Waals surface area contributed by atoms with E-state index in [4.69, 9.17) is 4.74 Å². The predicted octanol–water partition coefficient (Wildman–Crippen LogP) is 1.61.